The fraction of sp³-hybridized carbons (Fsp3) is 0.158. The van der Waals surface area contributed by atoms with Gasteiger partial charge in [0.1, 0.15) is 0 Å². The van der Waals surface area contributed by atoms with Gasteiger partial charge >= 0.3 is 6.18 Å². The smallest absolute Gasteiger partial charge is 0.279 e. The van der Waals surface area contributed by atoms with E-state index < -0.39 is 32.2 Å². The summed E-state index contributed by atoms with van der Waals surface area (Å²) in [5, 5.41) is 0. The number of nitrogens with zero attached hydrogens (tertiary/aromatic N) is 2. The maximum absolute atomic E-state index is 13.1. The molecule has 2 aromatic heterocycles. The Morgan fingerprint density at radius 3 is 2.53 bits per heavy atom. The van der Waals surface area contributed by atoms with Gasteiger partial charge in [0.05, 0.1) is 21.5 Å². The molecule has 6 nitrogen and oxygen atoms in total. The highest BCUT2D eigenvalue weighted by molar-refractivity contribution is 7.92. The Bertz CT molecular complexity index is 1470. The number of aromatic nitrogens is 2. The van der Waals surface area contributed by atoms with Crippen molar-refractivity contribution in [2.45, 2.75) is 24.9 Å². The first-order chi connectivity index (χ1) is 14.0. The largest absolute Gasteiger partial charge is 0.416 e. The third-order valence-corrected chi connectivity index (χ3v) is 6.96. The van der Waals surface area contributed by atoms with Crippen molar-refractivity contribution in [2.24, 2.45) is 0 Å². The number of hydrogen-bond donors (Lipinski definition) is 1. The minimum atomic E-state index is -4.63. The van der Waals surface area contributed by atoms with Crippen LogP contribution in [-0.2, 0) is 16.2 Å². The van der Waals surface area contributed by atoms with Gasteiger partial charge in [-0.3, -0.25) is 9.52 Å². The molecule has 0 amide bonds. The molecule has 156 valence electrons. The van der Waals surface area contributed by atoms with Gasteiger partial charge in [-0.05, 0) is 49.7 Å². The third kappa shape index (κ3) is 3.43. The molecule has 0 saturated carbocycles. The zero-order valence-corrected chi connectivity index (χ0v) is 17.2. The van der Waals surface area contributed by atoms with E-state index in [-0.39, 0.29) is 11.4 Å². The van der Waals surface area contributed by atoms with E-state index in [1.54, 1.807) is 12.1 Å². The predicted octanol–water partition coefficient (Wildman–Crippen LogP) is 4.35. The number of anilines is 1. The minimum Gasteiger partial charge on any atom is -0.279 e. The Labute approximate surface area is 172 Å². The predicted molar refractivity (Wildman–Crippen MR) is 109 cm³/mol. The van der Waals surface area contributed by atoms with Gasteiger partial charge in [0.2, 0.25) is 0 Å². The molecule has 4 rings (SSSR count). The first-order valence-corrected chi connectivity index (χ1v) is 10.9. The minimum absolute atomic E-state index is 0.0391. The molecule has 1 N–H and O–H groups in total. The second-order valence-corrected chi connectivity index (χ2v) is 9.34. The Balaban J connectivity index is 1.88. The number of fused-ring (bicyclic) bond motifs is 3. The molecule has 2 heterocycles. The highest BCUT2D eigenvalue weighted by atomic mass is 32.2. The summed E-state index contributed by atoms with van der Waals surface area (Å²) in [6.07, 6.45) is -4.63. The number of aryl methyl sites for hydroxylation is 2. The number of nitrogens with one attached hydrogen (secondary N) is 1. The molecule has 4 aromatic rings. The lowest BCUT2D eigenvalue weighted by Gasteiger charge is -2.12. The fourth-order valence-electron chi connectivity index (χ4n) is 3.13. The highest BCUT2D eigenvalue weighted by Crippen LogP contribution is 2.31. The lowest BCUT2D eigenvalue weighted by Crippen LogP contribution is -2.27. The van der Waals surface area contributed by atoms with E-state index in [0.29, 0.717) is 16.5 Å². The second kappa shape index (κ2) is 6.81. The summed E-state index contributed by atoms with van der Waals surface area (Å²) in [5.41, 5.74) is -0.690. The summed E-state index contributed by atoms with van der Waals surface area (Å²) in [7, 11) is -4.49. The van der Waals surface area contributed by atoms with E-state index in [1.165, 1.54) is 28.7 Å². The molecule has 2 aromatic carbocycles. The van der Waals surface area contributed by atoms with Gasteiger partial charge in [0.15, 0.2) is 9.86 Å². The van der Waals surface area contributed by atoms with E-state index in [4.69, 9.17) is 0 Å². The van der Waals surface area contributed by atoms with Gasteiger partial charge in [-0.2, -0.15) is 13.2 Å². The second-order valence-electron chi connectivity index (χ2n) is 6.71. The lowest BCUT2D eigenvalue weighted by molar-refractivity contribution is -0.137. The van der Waals surface area contributed by atoms with Crippen LogP contribution in [0.4, 0.5) is 18.9 Å². The molecule has 0 bridgehead atoms. The van der Waals surface area contributed by atoms with Crippen LogP contribution < -0.4 is 10.3 Å². The van der Waals surface area contributed by atoms with E-state index in [1.807, 2.05) is 13.0 Å². The summed E-state index contributed by atoms with van der Waals surface area (Å²) in [5.74, 6) is 0. The summed E-state index contributed by atoms with van der Waals surface area (Å²) < 4.78 is 68.7. The highest BCUT2D eigenvalue weighted by Gasteiger charge is 2.31. The van der Waals surface area contributed by atoms with Crippen molar-refractivity contribution in [3.05, 3.63) is 69.6 Å². The van der Waals surface area contributed by atoms with Gasteiger partial charge in [-0.1, -0.05) is 23.5 Å². The molecule has 0 fully saturated rings. The van der Waals surface area contributed by atoms with Crippen LogP contribution in [0.5, 0.6) is 0 Å². The number of rotatable bonds is 3. The standard InChI is InChI=1S/C19H14F3N3O3S2/c1-10-6-7-14-15(8-10)29-18-23-11(2)16(17(26)25(14)18)30(27,28)24-13-5-3-4-12(9-13)19(20,21)22/h3-9,24H,1-2H3. The van der Waals surface area contributed by atoms with Gasteiger partial charge in [0, 0.05) is 5.69 Å². The monoisotopic (exact) mass is 453 g/mol. The maximum atomic E-state index is 13.1. The zero-order chi connectivity index (χ0) is 21.8. The molecule has 0 atom stereocenters. The topological polar surface area (TPSA) is 80.5 Å². The van der Waals surface area contributed by atoms with Crippen molar-refractivity contribution in [3.8, 4) is 0 Å². The molecule has 30 heavy (non-hydrogen) atoms. The first kappa shape index (κ1) is 20.4. The number of alkyl halides is 3. The van der Waals surface area contributed by atoms with Gasteiger partial charge < -0.3 is 0 Å². The molecule has 0 saturated heterocycles. The summed E-state index contributed by atoms with van der Waals surface area (Å²) in [6, 6.07) is 9.09. The molecule has 11 heteroatoms. The molecule has 0 aliphatic heterocycles. The Kier molecular flexibility index (Phi) is 4.62. The first-order valence-electron chi connectivity index (χ1n) is 8.60. The number of benzene rings is 2. The van der Waals surface area contributed by atoms with Crippen LogP contribution in [-0.4, -0.2) is 17.8 Å². The number of hydrogen-bond acceptors (Lipinski definition) is 5. The molecule has 0 aliphatic rings. The Morgan fingerprint density at radius 2 is 1.83 bits per heavy atom. The Morgan fingerprint density at radius 1 is 1.10 bits per heavy atom. The van der Waals surface area contributed by atoms with Crippen molar-refractivity contribution in [1.29, 1.82) is 0 Å². The van der Waals surface area contributed by atoms with Crippen molar-refractivity contribution in [3.63, 3.8) is 0 Å². The molecule has 0 radical (unpaired) electrons. The van der Waals surface area contributed by atoms with E-state index in [2.05, 4.69) is 9.71 Å². The molecular weight excluding hydrogens is 439 g/mol. The van der Waals surface area contributed by atoms with Gasteiger partial charge in [-0.25, -0.2) is 17.8 Å². The van der Waals surface area contributed by atoms with E-state index in [9.17, 15) is 26.4 Å². The summed E-state index contributed by atoms with van der Waals surface area (Å²) in [4.78, 5) is 17.1. The van der Waals surface area contributed by atoms with Crippen LogP contribution in [0.1, 0.15) is 16.8 Å². The van der Waals surface area contributed by atoms with Crippen molar-refractivity contribution in [1.82, 2.24) is 9.38 Å². The third-order valence-electron chi connectivity index (χ3n) is 4.45. The molecule has 0 aliphatic carbocycles. The quantitative estimate of drug-likeness (QED) is 0.500. The van der Waals surface area contributed by atoms with Crippen LogP contribution in [0.15, 0.2) is 52.2 Å². The molecular formula is C19H14F3N3O3S2. The average molecular weight is 453 g/mol. The fourth-order valence-corrected chi connectivity index (χ4v) is 5.58. The number of thiazole rings is 1. The van der Waals surface area contributed by atoms with Crippen LogP contribution in [0.25, 0.3) is 15.2 Å². The van der Waals surface area contributed by atoms with Gasteiger partial charge in [0.25, 0.3) is 15.6 Å². The van der Waals surface area contributed by atoms with Crippen LogP contribution in [0.2, 0.25) is 0 Å². The average Bonchev–Trinajstić information content (AvgIpc) is 2.97. The SMILES string of the molecule is Cc1ccc2c(c1)sc1nc(C)c(S(=O)(=O)Nc3cccc(C(F)(F)F)c3)c(=O)n12. The summed E-state index contributed by atoms with van der Waals surface area (Å²) >= 11 is 1.24. The molecule has 0 spiro atoms. The van der Waals surface area contributed by atoms with E-state index in [0.717, 1.165) is 22.4 Å². The number of sulfonamides is 1. The van der Waals surface area contributed by atoms with Gasteiger partial charge in [-0.15, -0.1) is 0 Å². The normalized spacial score (nSPS) is 12.6. The van der Waals surface area contributed by atoms with Crippen molar-refractivity contribution < 1.29 is 21.6 Å². The van der Waals surface area contributed by atoms with Crippen LogP contribution >= 0.6 is 11.3 Å². The van der Waals surface area contributed by atoms with Crippen molar-refractivity contribution in [2.75, 3.05) is 4.72 Å². The lowest BCUT2D eigenvalue weighted by atomic mass is 10.2. The van der Waals surface area contributed by atoms with Crippen LogP contribution in [0.3, 0.4) is 0 Å². The van der Waals surface area contributed by atoms with E-state index >= 15 is 0 Å². The number of halogens is 3. The zero-order valence-electron chi connectivity index (χ0n) is 15.6. The Hall–Kier alpha value is -2.92. The van der Waals surface area contributed by atoms with Crippen LogP contribution in [0, 0.1) is 13.8 Å². The molecule has 0 unspecified atom stereocenters. The van der Waals surface area contributed by atoms with Crippen molar-refractivity contribution >= 4 is 42.2 Å². The maximum Gasteiger partial charge on any atom is 0.416 e. The summed E-state index contributed by atoms with van der Waals surface area (Å²) in [6.45, 7) is 3.26.